The molecule has 0 heterocycles. The fourth-order valence-corrected chi connectivity index (χ4v) is 1.82. The SMILES string of the molecule is CCCCOCCNCc1ccc(OC)c(OCC)c1. The van der Waals surface area contributed by atoms with Gasteiger partial charge in [0, 0.05) is 19.7 Å². The van der Waals surface area contributed by atoms with Crippen LogP contribution in [0.2, 0.25) is 0 Å². The summed E-state index contributed by atoms with van der Waals surface area (Å²) in [7, 11) is 1.66. The molecule has 0 aliphatic heterocycles. The molecule has 0 aliphatic carbocycles. The van der Waals surface area contributed by atoms with E-state index < -0.39 is 0 Å². The number of hydrogen-bond donors (Lipinski definition) is 1. The lowest BCUT2D eigenvalue weighted by atomic mass is 10.2. The summed E-state index contributed by atoms with van der Waals surface area (Å²) in [6.45, 7) is 8.06. The highest BCUT2D eigenvalue weighted by atomic mass is 16.5. The molecular weight excluding hydrogens is 254 g/mol. The van der Waals surface area contributed by atoms with Crippen molar-refractivity contribution in [2.75, 3.05) is 33.5 Å². The summed E-state index contributed by atoms with van der Waals surface area (Å²) in [6, 6.07) is 6.01. The summed E-state index contributed by atoms with van der Waals surface area (Å²) < 4.78 is 16.3. The number of hydrogen-bond acceptors (Lipinski definition) is 4. The summed E-state index contributed by atoms with van der Waals surface area (Å²) in [6.07, 6.45) is 2.32. The maximum absolute atomic E-state index is 5.56. The third kappa shape index (κ3) is 6.26. The lowest BCUT2D eigenvalue weighted by Gasteiger charge is -2.11. The third-order valence-corrected chi connectivity index (χ3v) is 2.92. The highest BCUT2D eigenvalue weighted by Crippen LogP contribution is 2.27. The topological polar surface area (TPSA) is 39.7 Å². The quantitative estimate of drug-likeness (QED) is 0.633. The van der Waals surface area contributed by atoms with E-state index in [2.05, 4.69) is 12.2 Å². The predicted octanol–water partition coefficient (Wildman–Crippen LogP) is 3.00. The minimum Gasteiger partial charge on any atom is -0.493 e. The van der Waals surface area contributed by atoms with Gasteiger partial charge in [0.05, 0.1) is 20.3 Å². The largest absolute Gasteiger partial charge is 0.493 e. The Kier molecular flexibility index (Phi) is 8.83. The van der Waals surface area contributed by atoms with Crippen LogP contribution in [0.3, 0.4) is 0 Å². The van der Waals surface area contributed by atoms with E-state index in [4.69, 9.17) is 14.2 Å². The van der Waals surface area contributed by atoms with E-state index in [-0.39, 0.29) is 0 Å². The summed E-state index contributed by atoms with van der Waals surface area (Å²) in [5.74, 6) is 1.58. The van der Waals surface area contributed by atoms with Crippen molar-refractivity contribution >= 4 is 0 Å². The van der Waals surface area contributed by atoms with Crippen molar-refractivity contribution in [3.63, 3.8) is 0 Å². The fourth-order valence-electron chi connectivity index (χ4n) is 1.82. The Balaban J connectivity index is 2.31. The molecule has 0 aromatic heterocycles. The standard InChI is InChI=1S/C16H27NO3/c1-4-6-10-19-11-9-17-13-14-7-8-15(18-3)16(12-14)20-5-2/h7-8,12,17H,4-6,9-11,13H2,1-3H3. The van der Waals surface area contributed by atoms with Crippen molar-refractivity contribution in [2.45, 2.75) is 33.2 Å². The fraction of sp³-hybridized carbons (Fsp3) is 0.625. The van der Waals surface area contributed by atoms with Gasteiger partial charge in [-0.15, -0.1) is 0 Å². The molecule has 0 amide bonds. The molecule has 0 saturated heterocycles. The van der Waals surface area contributed by atoms with Crippen LogP contribution in [-0.2, 0) is 11.3 Å². The van der Waals surface area contributed by atoms with Crippen molar-refractivity contribution in [1.29, 1.82) is 0 Å². The molecule has 0 atom stereocenters. The van der Waals surface area contributed by atoms with Crippen LogP contribution in [0.5, 0.6) is 11.5 Å². The molecule has 114 valence electrons. The van der Waals surface area contributed by atoms with Crippen molar-refractivity contribution in [1.82, 2.24) is 5.32 Å². The van der Waals surface area contributed by atoms with Crippen molar-refractivity contribution in [2.24, 2.45) is 0 Å². The van der Waals surface area contributed by atoms with Crippen molar-refractivity contribution in [3.05, 3.63) is 23.8 Å². The highest BCUT2D eigenvalue weighted by molar-refractivity contribution is 5.42. The smallest absolute Gasteiger partial charge is 0.161 e. The van der Waals surface area contributed by atoms with Crippen LogP contribution < -0.4 is 14.8 Å². The minimum atomic E-state index is 0.637. The summed E-state index contributed by atoms with van der Waals surface area (Å²) in [5.41, 5.74) is 1.18. The van der Waals surface area contributed by atoms with Gasteiger partial charge in [0.25, 0.3) is 0 Å². The first-order valence-electron chi connectivity index (χ1n) is 7.40. The Morgan fingerprint density at radius 1 is 1.10 bits per heavy atom. The summed E-state index contributed by atoms with van der Waals surface area (Å²) in [4.78, 5) is 0. The molecule has 0 fully saturated rings. The van der Waals surface area contributed by atoms with Crippen LogP contribution in [0.15, 0.2) is 18.2 Å². The Hall–Kier alpha value is -1.26. The predicted molar refractivity (Wildman–Crippen MR) is 81.6 cm³/mol. The number of rotatable bonds is 11. The molecular formula is C16H27NO3. The molecule has 0 unspecified atom stereocenters. The van der Waals surface area contributed by atoms with Crippen LogP contribution in [0.1, 0.15) is 32.3 Å². The van der Waals surface area contributed by atoms with Crippen LogP contribution in [-0.4, -0.2) is 33.5 Å². The van der Waals surface area contributed by atoms with E-state index in [0.29, 0.717) is 6.61 Å². The average Bonchev–Trinajstić information content (AvgIpc) is 2.47. The van der Waals surface area contributed by atoms with Gasteiger partial charge in [-0.25, -0.2) is 0 Å². The molecule has 1 aromatic carbocycles. The first kappa shape index (κ1) is 16.8. The minimum absolute atomic E-state index is 0.637. The monoisotopic (exact) mass is 281 g/mol. The zero-order chi connectivity index (χ0) is 14.6. The van der Waals surface area contributed by atoms with E-state index in [0.717, 1.165) is 44.2 Å². The molecule has 0 bridgehead atoms. The van der Waals surface area contributed by atoms with Gasteiger partial charge in [-0.05, 0) is 31.0 Å². The van der Waals surface area contributed by atoms with Gasteiger partial charge in [0.2, 0.25) is 0 Å². The molecule has 1 aromatic rings. The normalized spacial score (nSPS) is 10.6. The van der Waals surface area contributed by atoms with Crippen LogP contribution in [0.4, 0.5) is 0 Å². The maximum atomic E-state index is 5.56. The first-order chi connectivity index (χ1) is 9.81. The average molecular weight is 281 g/mol. The number of unbranched alkanes of at least 4 members (excludes halogenated alkanes) is 1. The molecule has 0 aliphatic rings. The Morgan fingerprint density at radius 3 is 2.65 bits per heavy atom. The second-order valence-electron chi connectivity index (χ2n) is 4.56. The lowest BCUT2D eigenvalue weighted by Crippen LogP contribution is -2.19. The van der Waals surface area contributed by atoms with Gasteiger partial charge in [0.1, 0.15) is 0 Å². The van der Waals surface area contributed by atoms with Gasteiger partial charge < -0.3 is 19.5 Å². The number of ether oxygens (including phenoxy) is 3. The third-order valence-electron chi connectivity index (χ3n) is 2.92. The van der Waals surface area contributed by atoms with Crippen molar-refractivity contribution < 1.29 is 14.2 Å². The molecule has 1 N–H and O–H groups in total. The van der Waals surface area contributed by atoms with Crippen LogP contribution in [0.25, 0.3) is 0 Å². The van der Waals surface area contributed by atoms with Crippen LogP contribution >= 0.6 is 0 Å². The number of nitrogens with one attached hydrogen (secondary N) is 1. The van der Waals surface area contributed by atoms with Gasteiger partial charge in [-0.3, -0.25) is 0 Å². The molecule has 4 heteroatoms. The van der Waals surface area contributed by atoms with Gasteiger partial charge in [-0.2, -0.15) is 0 Å². The molecule has 1 rings (SSSR count). The summed E-state index contributed by atoms with van der Waals surface area (Å²) >= 11 is 0. The maximum Gasteiger partial charge on any atom is 0.161 e. The van der Waals surface area contributed by atoms with Gasteiger partial charge in [0.15, 0.2) is 11.5 Å². The highest BCUT2D eigenvalue weighted by Gasteiger charge is 2.04. The van der Waals surface area contributed by atoms with E-state index in [1.54, 1.807) is 7.11 Å². The number of benzene rings is 1. The van der Waals surface area contributed by atoms with Crippen LogP contribution in [0, 0.1) is 0 Å². The zero-order valence-corrected chi connectivity index (χ0v) is 12.9. The summed E-state index contributed by atoms with van der Waals surface area (Å²) in [5, 5.41) is 3.36. The lowest BCUT2D eigenvalue weighted by molar-refractivity contribution is 0.133. The van der Waals surface area contributed by atoms with E-state index in [9.17, 15) is 0 Å². The zero-order valence-electron chi connectivity index (χ0n) is 12.9. The van der Waals surface area contributed by atoms with Crippen molar-refractivity contribution in [3.8, 4) is 11.5 Å². The molecule has 0 saturated carbocycles. The molecule has 4 nitrogen and oxygen atoms in total. The van der Waals surface area contributed by atoms with E-state index in [1.807, 2.05) is 25.1 Å². The number of methoxy groups -OCH3 is 1. The molecule has 20 heavy (non-hydrogen) atoms. The van der Waals surface area contributed by atoms with Gasteiger partial charge >= 0.3 is 0 Å². The molecule has 0 spiro atoms. The second-order valence-corrected chi connectivity index (χ2v) is 4.56. The van der Waals surface area contributed by atoms with E-state index >= 15 is 0 Å². The Labute approximate surface area is 122 Å². The Bertz CT molecular complexity index is 369. The van der Waals surface area contributed by atoms with E-state index in [1.165, 1.54) is 12.0 Å². The van der Waals surface area contributed by atoms with Gasteiger partial charge in [-0.1, -0.05) is 19.4 Å². The Morgan fingerprint density at radius 2 is 1.95 bits per heavy atom. The molecule has 0 radical (unpaired) electrons. The first-order valence-corrected chi connectivity index (χ1v) is 7.40. The second kappa shape index (κ2) is 10.5.